The standard InChI is InChI=1S/C23H29N5O3/c1-2-16-10-6-7-13-28(16)23-26-20-19(22(31)27-23)17(14-18(29)25-20)21(30)24-12-11-15-8-4-3-5-9-15/h3-5,8-9,16-17H,2,6-7,10-14H2,1H3,(H,24,30)(H2,25,26,27,29,31)/t16-,17+/m1/s1. The second kappa shape index (κ2) is 9.32. The molecule has 3 N–H and O–H groups in total. The van der Waals surface area contributed by atoms with Crippen LogP contribution in [0, 0.1) is 0 Å². The van der Waals surface area contributed by atoms with Crippen molar-refractivity contribution in [2.75, 3.05) is 23.3 Å². The van der Waals surface area contributed by atoms with Crippen molar-refractivity contribution >= 4 is 23.6 Å². The van der Waals surface area contributed by atoms with E-state index in [1.165, 1.54) is 0 Å². The second-order valence-corrected chi connectivity index (χ2v) is 8.23. The van der Waals surface area contributed by atoms with Crippen LogP contribution in [-0.4, -0.2) is 40.9 Å². The van der Waals surface area contributed by atoms with Crippen LogP contribution in [0.25, 0.3) is 0 Å². The van der Waals surface area contributed by atoms with E-state index >= 15 is 0 Å². The van der Waals surface area contributed by atoms with Gasteiger partial charge in [-0.25, -0.2) is 0 Å². The Balaban J connectivity index is 1.53. The maximum atomic E-state index is 13.0. The summed E-state index contributed by atoms with van der Waals surface area (Å²) < 4.78 is 0. The number of carbonyl (C=O) groups is 2. The molecule has 2 aliphatic heterocycles. The van der Waals surface area contributed by atoms with Gasteiger partial charge in [0.15, 0.2) is 0 Å². The molecule has 8 nitrogen and oxygen atoms in total. The van der Waals surface area contributed by atoms with Crippen LogP contribution in [0.4, 0.5) is 11.8 Å². The van der Waals surface area contributed by atoms with Crippen molar-refractivity contribution < 1.29 is 9.59 Å². The summed E-state index contributed by atoms with van der Waals surface area (Å²) in [6, 6.07) is 10.2. The van der Waals surface area contributed by atoms with E-state index in [9.17, 15) is 14.4 Å². The molecule has 2 aliphatic rings. The monoisotopic (exact) mass is 423 g/mol. The molecular weight excluding hydrogens is 394 g/mol. The number of piperidine rings is 1. The fourth-order valence-corrected chi connectivity index (χ4v) is 4.52. The molecule has 2 amide bonds. The highest BCUT2D eigenvalue weighted by Gasteiger charge is 2.35. The third-order valence-corrected chi connectivity index (χ3v) is 6.18. The average molecular weight is 424 g/mol. The van der Waals surface area contributed by atoms with Crippen LogP contribution in [-0.2, 0) is 16.0 Å². The maximum absolute atomic E-state index is 13.0. The van der Waals surface area contributed by atoms with Gasteiger partial charge in [-0.15, -0.1) is 0 Å². The summed E-state index contributed by atoms with van der Waals surface area (Å²) in [5, 5.41) is 5.58. The van der Waals surface area contributed by atoms with Crippen LogP contribution >= 0.6 is 0 Å². The summed E-state index contributed by atoms with van der Waals surface area (Å²) in [6.07, 6.45) is 4.83. The van der Waals surface area contributed by atoms with Gasteiger partial charge >= 0.3 is 0 Å². The molecule has 0 saturated carbocycles. The first-order valence-corrected chi connectivity index (χ1v) is 11.1. The van der Waals surface area contributed by atoms with Crippen LogP contribution in [0.3, 0.4) is 0 Å². The quantitative estimate of drug-likeness (QED) is 0.661. The molecule has 1 aromatic carbocycles. The predicted octanol–water partition coefficient (Wildman–Crippen LogP) is 2.32. The molecule has 31 heavy (non-hydrogen) atoms. The topological polar surface area (TPSA) is 107 Å². The van der Waals surface area contributed by atoms with Gasteiger partial charge in [-0.3, -0.25) is 19.4 Å². The summed E-state index contributed by atoms with van der Waals surface area (Å²) in [4.78, 5) is 47.7. The largest absolute Gasteiger partial charge is 0.355 e. The molecule has 3 heterocycles. The van der Waals surface area contributed by atoms with E-state index in [0.29, 0.717) is 25.0 Å². The summed E-state index contributed by atoms with van der Waals surface area (Å²) in [5.74, 6) is -0.783. The lowest BCUT2D eigenvalue weighted by molar-refractivity contribution is -0.126. The molecule has 8 heteroatoms. The van der Waals surface area contributed by atoms with Crippen molar-refractivity contribution in [1.29, 1.82) is 0 Å². The molecule has 0 radical (unpaired) electrons. The fraction of sp³-hybridized carbons (Fsp3) is 0.478. The number of hydrogen-bond acceptors (Lipinski definition) is 5. The minimum atomic E-state index is -0.840. The van der Waals surface area contributed by atoms with Crippen molar-refractivity contribution in [3.8, 4) is 0 Å². The van der Waals surface area contributed by atoms with Gasteiger partial charge < -0.3 is 15.5 Å². The molecule has 0 aliphatic carbocycles. The van der Waals surface area contributed by atoms with Crippen molar-refractivity contribution in [2.24, 2.45) is 0 Å². The lowest BCUT2D eigenvalue weighted by Gasteiger charge is -2.36. The molecule has 1 saturated heterocycles. The number of nitrogens with zero attached hydrogens (tertiary/aromatic N) is 2. The lowest BCUT2D eigenvalue weighted by atomic mass is 9.92. The van der Waals surface area contributed by atoms with Gasteiger partial charge in [0.05, 0.1) is 11.5 Å². The number of fused-ring (bicyclic) bond motifs is 1. The number of nitrogens with one attached hydrogen (secondary N) is 3. The Hall–Kier alpha value is -3.16. The third-order valence-electron chi connectivity index (χ3n) is 6.18. The summed E-state index contributed by atoms with van der Waals surface area (Å²) in [7, 11) is 0. The van der Waals surface area contributed by atoms with Crippen LogP contribution in [0.5, 0.6) is 0 Å². The highest BCUT2D eigenvalue weighted by molar-refractivity contribution is 6.00. The van der Waals surface area contributed by atoms with E-state index in [4.69, 9.17) is 0 Å². The second-order valence-electron chi connectivity index (χ2n) is 8.23. The molecule has 1 aromatic heterocycles. The van der Waals surface area contributed by atoms with Gasteiger partial charge in [-0.1, -0.05) is 37.3 Å². The average Bonchev–Trinajstić information content (AvgIpc) is 2.78. The fourth-order valence-electron chi connectivity index (χ4n) is 4.52. The van der Waals surface area contributed by atoms with E-state index in [2.05, 4.69) is 32.4 Å². The molecule has 4 rings (SSSR count). The molecule has 164 valence electrons. The lowest BCUT2D eigenvalue weighted by Crippen LogP contribution is -2.43. The third kappa shape index (κ3) is 4.62. The Morgan fingerprint density at radius 1 is 1.23 bits per heavy atom. The number of benzene rings is 1. The Kier molecular flexibility index (Phi) is 6.34. The van der Waals surface area contributed by atoms with Crippen molar-refractivity contribution in [1.82, 2.24) is 15.3 Å². The number of anilines is 2. The summed E-state index contributed by atoms with van der Waals surface area (Å²) >= 11 is 0. The van der Waals surface area contributed by atoms with Gasteiger partial charge in [0, 0.05) is 25.6 Å². The summed E-state index contributed by atoms with van der Waals surface area (Å²) in [6.45, 7) is 3.38. The number of aromatic amines is 1. The smallest absolute Gasteiger partial charge is 0.258 e. The molecular formula is C23H29N5O3. The minimum Gasteiger partial charge on any atom is -0.355 e. The van der Waals surface area contributed by atoms with E-state index in [1.807, 2.05) is 30.3 Å². The predicted molar refractivity (Wildman–Crippen MR) is 119 cm³/mol. The van der Waals surface area contributed by atoms with Crippen LogP contribution < -0.4 is 21.1 Å². The zero-order valence-electron chi connectivity index (χ0n) is 17.8. The number of aromatic nitrogens is 2. The molecule has 1 fully saturated rings. The first-order valence-electron chi connectivity index (χ1n) is 11.1. The highest BCUT2D eigenvalue weighted by Crippen LogP contribution is 2.31. The van der Waals surface area contributed by atoms with Crippen molar-refractivity contribution in [3.63, 3.8) is 0 Å². The summed E-state index contributed by atoms with van der Waals surface area (Å²) in [5.41, 5.74) is 0.995. The molecule has 0 bridgehead atoms. The number of amides is 2. The molecule has 2 atom stereocenters. The Morgan fingerprint density at radius 3 is 2.81 bits per heavy atom. The maximum Gasteiger partial charge on any atom is 0.258 e. The number of rotatable bonds is 6. The molecule has 2 aromatic rings. The van der Waals surface area contributed by atoms with E-state index in [1.54, 1.807) is 0 Å². The number of hydrogen-bond donors (Lipinski definition) is 3. The number of carbonyl (C=O) groups excluding carboxylic acids is 2. The normalized spacial score (nSPS) is 20.7. The first kappa shape index (κ1) is 21.1. The minimum absolute atomic E-state index is 0.0599. The first-order chi connectivity index (χ1) is 15.1. The zero-order valence-corrected chi connectivity index (χ0v) is 17.8. The van der Waals surface area contributed by atoms with Gasteiger partial charge in [0.1, 0.15) is 5.82 Å². The van der Waals surface area contributed by atoms with E-state index in [-0.39, 0.29) is 35.2 Å². The van der Waals surface area contributed by atoms with Crippen LogP contribution in [0.15, 0.2) is 35.1 Å². The Morgan fingerprint density at radius 2 is 2.03 bits per heavy atom. The van der Waals surface area contributed by atoms with Crippen LogP contribution in [0.2, 0.25) is 0 Å². The highest BCUT2D eigenvalue weighted by atomic mass is 16.2. The molecule has 0 spiro atoms. The SMILES string of the molecule is CC[C@@H]1CCCCN1c1nc2c(c(=O)[nH]1)[C@@H](C(=O)NCCc1ccccc1)CC(=O)N2. The van der Waals surface area contributed by atoms with Crippen molar-refractivity contribution in [2.45, 2.75) is 57.4 Å². The van der Waals surface area contributed by atoms with Crippen LogP contribution in [0.1, 0.15) is 56.1 Å². The van der Waals surface area contributed by atoms with Gasteiger partial charge in [-0.2, -0.15) is 4.98 Å². The zero-order chi connectivity index (χ0) is 21.8. The van der Waals surface area contributed by atoms with E-state index < -0.39 is 5.92 Å². The van der Waals surface area contributed by atoms with Gasteiger partial charge in [-0.05, 0) is 37.7 Å². The molecule has 0 unspecified atom stereocenters. The van der Waals surface area contributed by atoms with Gasteiger partial charge in [0.25, 0.3) is 5.56 Å². The number of H-pyrrole nitrogens is 1. The Bertz CT molecular complexity index is 1000. The Labute approximate surface area is 181 Å². The van der Waals surface area contributed by atoms with Gasteiger partial charge in [0.2, 0.25) is 17.8 Å². The van der Waals surface area contributed by atoms with Crippen molar-refractivity contribution in [3.05, 3.63) is 51.8 Å². The van der Waals surface area contributed by atoms with E-state index in [0.717, 1.165) is 37.8 Å².